The fourth-order valence-electron chi connectivity index (χ4n) is 4.74. The Balaban J connectivity index is 1.36. The first-order valence-electron chi connectivity index (χ1n) is 12.4. The van der Waals surface area contributed by atoms with Crippen molar-refractivity contribution in [3.8, 4) is 6.07 Å². The van der Waals surface area contributed by atoms with Crippen molar-refractivity contribution in [3.05, 3.63) is 88.9 Å². The first kappa shape index (κ1) is 24.8. The summed E-state index contributed by atoms with van der Waals surface area (Å²) in [6.45, 7) is 3.29. The summed E-state index contributed by atoms with van der Waals surface area (Å²) in [6.07, 6.45) is 12.0. The van der Waals surface area contributed by atoms with Crippen LogP contribution in [0.5, 0.6) is 0 Å². The van der Waals surface area contributed by atoms with Crippen LogP contribution >= 0.6 is 0 Å². The minimum Gasteiger partial charge on any atom is -0.361 e. The summed E-state index contributed by atoms with van der Waals surface area (Å²) >= 11 is 0. The van der Waals surface area contributed by atoms with Crippen LogP contribution in [0.3, 0.4) is 0 Å². The van der Waals surface area contributed by atoms with Crippen molar-refractivity contribution < 1.29 is 8.42 Å². The summed E-state index contributed by atoms with van der Waals surface area (Å²) in [4.78, 5) is 7.46. The number of hydrogen-bond acceptors (Lipinski definition) is 5. The summed E-state index contributed by atoms with van der Waals surface area (Å²) in [5.74, 6) is 0.0179. The van der Waals surface area contributed by atoms with Gasteiger partial charge in [0.15, 0.2) is 0 Å². The van der Waals surface area contributed by atoms with Crippen LogP contribution in [0.15, 0.2) is 61.1 Å². The molecule has 188 valence electrons. The lowest BCUT2D eigenvalue weighted by atomic mass is 10.1. The number of aromatic nitrogens is 2. The average molecular weight is 512 g/mol. The maximum Gasteiger partial charge on any atom is 0.218 e. The average Bonchev–Trinajstić information content (AvgIpc) is 3.40. The van der Waals surface area contributed by atoms with E-state index >= 15 is 0 Å². The fraction of sp³-hybridized carbons (Fsp3) is 0.241. The van der Waals surface area contributed by atoms with Gasteiger partial charge in [-0.2, -0.15) is 5.26 Å². The monoisotopic (exact) mass is 511 g/mol. The number of aromatic amines is 1. The number of fused-ring (bicyclic) bond motifs is 1. The molecule has 0 radical (unpaired) electrons. The van der Waals surface area contributed by atoms with Crippen molar-refractivity contribution in [2.75, 3.05) is 18.4 Å². The Morgan fingerprint density at radius 2 is 1.84 bits per heavy atom. The number of sulfonamides is 1. The largest absolute Gasteiger partial charge is 0.361 e. The second-order valence-corrected chi connectivity index (χ2v) is 11.3. The van der Waals surface area contributed by atoms with Gasteiger partial charge in [-0.25, -0.2) is 12.7 Å². The molecule has 3 heterocycles. The van der Waals surface area contributed by atoms with Gasteiger partial charge in [-0.3, -0.25) is 4.98 Å². The molecule has 1 aliphatic heterocycles. The number of nitrogens with one attached hydrogen (secondary N) is 2. The maximum absolute atomic E-state index is 12.7. The Hall–Kier alpha value is -3.93. The summed E-state index contributed by atoms with van der Waals surface area (Å²) in [5, 5.41) is 14.3. The third-order valence-corrected chi connectivity index (χ3v) is 8.70. The van der Waals surface area contributed by atoms with Crippen LogP contribution in [-0.2, 0) is 15.8 Å². The van der Waals surface area contributed by atoms with E-state index in [0.717, 1.165) is 58.1 Å². The third-order valence-electron chi connectivity index (χ3n) is 6.85. The minimum atomic E-state index is -3.30. The first-order valence-corrected chi connectivity index (χ1v) is 14.0. The van der Waals surface area contributed by atoms with Gasteiger partial charge in [0.25, 0.3) is 0 Å². The molecule has 2 N–H and O–H groups in total. The van der Waals surface area contributed by atoms with Crippen LogP contribution in [-0.4, -0.2) is 35.8 Å². The number of anilines is 2. The molecule has 0 atom stereocenters. The van der Waals surface area contributed by atoms with E-state index < -0.39 is 10.0 Å². The standard InChI is InChI=1S/C29H29N5O2S/c1-21-26-13-14-32-28(26)12-11-27(21)33-29-24(18-31-19-25(29)17-30)10-9-22-5-7-23(8-6-22)20-37(35,36)34-15-3-2-4-16-34/h5-14,18-19,32H,2-4,15-16,20H2,1H3,(H,31,33)/b10-9+. The van der Waals surface area contributed by atoms with E-state index in [1.54, 1.807) is 16.7 Å². The molecule has 1 aliphatic rings. The zero-order chi connectivity index (χ0) is 25.8. The van der Waals surface area contributed by atoms with E-state index in [9.17, 15) is 13.7 Å². The smallest absolute Gasteiger partial charge is 0.218 e. The first-order chi connectivity index (χ1) is 17.9. The van der Waals surface area contributed by atoms with Gasteiger partial charge in [-0.1, -0.05) is 42.8 Å². The number of hydrogen-bond donors (Lipinski definition) is 2. The number of rotatable bonds is 7. The highest BCUT2D eigenvalue weighted by Gasteiger charge is 2.24. The van der Waals surface area contributed by atoms with Gasteiger partial charge in [-0.05, 0) is 54.7 Å². The lowest BCUT2D eigenvalue weighted by molar-refractivity contribution is 0.346. The predicted octanol–water partition coefficient (Wildman–Crippen LogP) is 5.97. The summed E-state index contributed by atoms with van der Waals surface area (Å²) in [6, 6.07) is 15.8. The van der Waals surface area contributed by atoms with E-state index in [2.05, 4.69) is 21.4 Å². The Labute approximate surface area is 217 Å². The number of nitriles is 1. The lowest BCUT2D eigenvalue weighted by Gasteiger charge is -2.25. The molecule has 1 fully saturated rings. The van der Waals surface area contributed by atoms with E-state index in [1.165, 1.54) is 0 Å². The summed E-state index contributed by atoms with van der Waals surface area (Å²) in [7, 11) is -3.30. The van der Waals surface area contributed by atoms with E-state index in [0.29, 0.717) is 24.3 Å². The Kier molecular flexibility index (Phi) is 7.08. The zero-order valence-corrected chi connectivity index (χ0v) is 21.6. The summed E-state index contributed by atoms with van der Waals surface area (Å²) < 4.78 is 27.1. The number of H-pyrrole nitrogens is 1. The molecule has 0 amide bonds. The lowest BCUT2D eigenvalue weighted by Crippen LogP contribution is -2.36. The molecular weight excluding hydrogens is 482 g/mol. The van der Waals surface area contributed by atoms with Crippen molar-refractivity contribution in [2.24, 2.45) is 0 Å². The molecule has 5 rings (SSSR count). The van der Waals surface area contributed by atoms with Gasteiger partial charge in [0.05, 0.1) is 17.0 Å². The molecule has 7 nitrogen and oxygen atoms in total. The number of nitrogens with zero attached hydrogens (tertiary/aromatic N) is 3. The molecular formula is C29H29N5O2S. The second kappa shape index (κ2) is 10.6. The van der Waals surface area contributed by atoms with E-state index in [-0.39, 0.29) is 5.75 Å². The van der Waals surface area contributed by atoms with Gasteiger partial charge in [0.2, 0.25) is 10.0 Å². The predicted molar refractivity (Wildman–Crippen MR) is 149 cm³/mol. The molecule has 4 aromatic rings. The number of pyridine rings is 1. The molecule has 0 spiro atoms. The van der Waals surface area contributed by atoms with Crippen LogP contribution in [0.25, 0.3) is 23.1 Å². The van der Waals surface area contributed by atoms with Crippen LogP contribution in [0.4, 0.5) is 11.4 Å². The highest BCUT2D eigenvalue weighted by Crippen LogP contribution is 2.31. The van der Waals surface area contributed by atoms with Gasteiger partial charge >= 0.3 is 0 Å². The molecule has 2 aromatic heterocycles. The highest BCUT2D eigenvalue weighted by atomic mass is 32.2. The third kappa shape index (κ3) is 5.43. The van der Waals surface area contributed by atoms with Crippen molar-refractivity contribution >= 4 is 44.5 Å². The normalized spacial score (nSPS) is 14.7. The number of piperidine rings is 1. The Morgan fingerprint density at radius 3 is 2.59 bits per heavy atom. The van der Waals surface area contributed by atoms with Crippen molar-refractivity contribution in [1.82, 2.24) is 14.3 Å². The molecule has 8 heteroatoms. The van der Waals surface area contributed by atoms with Crippen LogP contribution in [0, 0.1) is 18.3 Å². The number of aryl methyl sites for hydroxylation is 1. The van der Waals surface area contributed by atoms with Crippen LogP contribution in [0.1, 0.15) is 47.1 Å². The molecule has 1 saturated heterocycles. The Bertz CT molecular complexity index is 1590. The van der Waals surface area contributed by atoms with Gasteiger partial charge < -0.3 is 10.3 Å². The van der Waals surface area contributed by atoms with Crippen molar-refractivity contribution in [3.63, 3.8) is 0 Å². The topological polar surface area (TPSA) is 102 Å². The van der Waals surface area contributed by atoms with Crippen molar-refractivity contribution in [1.29, 1.82) is 5.26 Å². The molecule has 0 aliphatic carbocycles. The molecule has 2 aromatic carbocycles. The summed E-state index contributed by atoms with van der Waals surface area (Å²) in [5.41, 5.74) is 6.69. The maximum atomic E-state index is 12.7. The van der Waals surface area contributed by atoms with E-state index in [4.69, 9.17) is 0 Å². The minimum absolute atomic E-state index is 0.0179. The SMILES string of the molecule is Cc1c(Nc2c(C#N)cncc2/C=C/c2ccc(CS(=O)(=O)N3CCCCC3)cc2)ccc2[nH]ccc12. The number of benzene rings is 2. The quantitative estimate of drug-likeness (QED) is 0.318. The molecule has 0 unspecified atom stereocenters. The van der Waals surface area contributed by atoms with Crippen LogP contribution < -0.4 is 5.32 Å². The van der Waals surface area contributed by atoms with Gasteiger partial charge in [0.1, 0.15) is 6.07 Å². The highest BCUT2D eigenvalue weighted by molar-refractivity contribution is 7.88. The van der Waals surface area contributed by atoms with Gasteiger partial charge in [0, 0.05) is 53.8 Å². The zero-order valence-electron chi connectivity index (χ0n) is 20.7. The van der Waals surface area contributed by atoms with Gasteiger partial charge in [-0.15, -0.1) is 0 Å². The van der Waals surface area contributed by atoms with Crippen LogP contribution in [0.2, 0.25) is 0 Å². The second-order valence-electron chi connectivity index (χ2n) is 9.36. The molecule has 37 heavy (non-hydrogen) atoms. The fourth-order valence-corrected chi connectivity index (χ4v) is 6.35. The molecule has 0 bridgehead atoms. The van der Waals surface area contributed by atoms with E-state index in [1.807, 2.05) is 67.7 Å². The van der Waals surface area contributed by atoms with Crippen molar-refractivity contribution in [2.45, 2.75) is 31.9 Å². The molecule has 0 saturated carbocycles. The Morgan fingerprint density at radius 1 is 1.05 bits per heavy atom.